The van der Waals surface area contributed by atoms with E-state index in [1.807, 2.05) is 121 Å². The number of hydrogen-bond donors (Lipinski definition) is 1. The van der Waals surface area contributed by atoms with E-state index in [0.29, 0.717) is 23.8 Å². The van der Waals surface area contributed by atoms with Crippen LogP contribution >= 0.6 is 0 Å². The fraction of sp³-hybridized carbons (Fsp3) is 0.0263. The number of fused-ring (bicyclic) bond motifs is 1. The topological polar surface area (TPSA) is 115 Å². The number of amidine groups is 2. The lowest BCUT2D eigenvalue weighted by Gasteiger charge is -2.08. The summed E-state index contributed by atoms with van der Waals surface area (Å²) in [5, 5.41) is 1.09. The summed E-state index contributed by atoms with van der Waals surface area (Å²) in [5.74, 6) is 0.713. The molecule has 5 aromatic heterocycles. The van der Waals surface area contributed by atoms with Crippen molar-refractivity contribution in [3.05, 3.63) is 163 Å². The molecule has 0 aliphatic carbocycles. The summed E-state index contributed by atoms with van der Waals surface area (Å²) in [6.45, 7) is 0.296. The zero-order valence-corrected chi connectivity index (χ0v) is 24.8. The first-order chi connectivity index (χ1) is 22.7. The number of pyridine rings is 5. The maximum absolute atomic E-state index is 6.58. The number of para-hydroxylation sites is 1. The van der Waals surface area contributed by atoms with Gasteiger partial charge >= 0.3 is 0 Å². The normalized spacial score (nSPS) is 11.9. The van der Waals surface area contributed by atoms with Crippen molar-refractivity contribution in [1.82, 2.24) is 24.9 Å². The van der Waals surface area contributed by atoms with Crippen LogP contribution in [0.5, 0.6) is 0 Å². The molecular weight excluding hydrogens is 568 g/mol. The van der Waals surface area contributed by atoms with Crippen molar-refractivity contribution in [3.63, 3.8) is 0 Å². The van der Waals surface area contributed by atoms with Crippen LogP contribution in [0.4, 0.5) is 0 Å². The maximum Gasteiger partial charge on any atom is 0.157 e. The summed E-state index contributed by atoms with van der Waals surface area (Å²) in [7, 11) is 0. The Morgan fingerprint density at radius 3 is 2.00 bits per heavy atom. The number of rotatable bonds is 7. The van der Waals surface area contributed by atoms with Gasteiger partial charge in [0.25, 0.3) is 0 Å². The van der Waals surface area contributed by atoms with Gasteiger partial charge in [-0.15, -0.1) is 0 Å². The third-order valence-corrected chi connectivity index (χ3v) is 7.36. The first-order valence-electron chi connectivity index (χ1n) is 14.8. The standard InChI is InChI=1S/C38H28N8/c39-37(36-16-8-15-35(45-36)33-13-4-6-22-41-33)46-38(43-25-30-10-7-14-34(44-30)32-12-3-5-21-40-32)27-19-17-26(18-20-27)29-23-28-9-1-2-11-31(28)42-24-29/h1-24H,25H2,(H2,39,43,46). The molecule has 0 spiro atoms. The molecule has 7 aromatic rings. The number of benzene rings is 2. The number of nitrogens with two attached hydrogens (primary N) is 1. The molecule has 8 nitrogen and oxygen atoms in total. The van der Waals surface area contributed by atoms with Gasteiger partial charge in [-0.3, -0.25) is 19.9 Å². The third-order valence-electron chi connectivity index (χ3n) is 7.36. The van der Waals surface area contributed by atoms with E-state index in [1.54, 1.807) is 12.4 Å². The van der Waals surface area contributed by atoms with Crippen LogP contribution in [-0.4, -0.2) is 36.6 Å². The smallest absolute Gasteiger partial charge is 0.157 e. The molecule has 5 heterocycles. The molecule has 0 aliphatic heterocycles. The summed E-state index contributed by atoms with van der Waals surface area (Å²) in [4.78, 5) is 32.7. The molecule has 220 valence electrons. The van der Waals surface area contributed by atoms with Crippen LogP contribution in [0.15, 0.2) is 156 Å². The molecule has 0 unspecified atom stereocenters. The van der Waals surface area contributed by atoms with E-state index >= 15 is 0 Å². The molecule has 0 bridgehead atoms. The van der Waals surface area contributed by atoms with Crippen LogP contribution < -0.4 is 5.73 Å². The minimum absolute atomic E-state index is 0.245. The number of nitrogens with zero attached hydrogens (tertiary/aromatic N) is 7. The zero-order valence-electron chi connectivity index (χ0n) is 24.8. The Kier molecular flexibility index (Phi) is 8.06. The second-order valence-electron chi connectivity index (χ2n) is 10.5. The molecule has 0 saturated carbocycles. The quantitative estimate of drug-likeness (QED) is 0.154. The lowest BCUT2D eigenvalue weighted by atomic mass is 10.0. The van der Waals surface area contributed by atoms with Crippen molar-refractivity contribution in [2.75, 3.05) is 0 Å². The summed E-state index contributed by atoms with van der Waals surface area (Å²) in [6.07, 6.45) is 5.38. The van der Waals surface area contributed by atoms with Gasteiger partial charge in [-0.2, -0.15) is 0 Å². The summed E-state index contributed by atoms with van der Waals surface area (Å²) in [6, 6.07) is 41.2. The van der Waals surface area contributed by atoms with Crippen molar-refractivity contribution < 1.29 is 0 Å². The number of aliphatic imine (C=N–C) groups is 2. The third kappa shape index (κ3) is 6.41. The SMILES string of the molecule is NC(=NC(=NCc1cccc(-c2ccccn2)n1)c1ccc(-c2cnc3ccccc3c2)cc1)c1cccc(-c2ccccn2)n1. The summed E-state index contributed by atoms with van der Waals surface area (Å²) < 4.78 is 0. The lowest BCUT2D eigenvalue weighted by Crippen LogP contribution is -2.18. The minimum atomic E-state index is 0.245. The second-order valence-corrected chi connectivity index (χ2v) is 10.5. The van der Waals surface area contributed by atoms with E-state index in [1.165, 1.54) is 0 Å². The van der Waals surface area contributed by atoms with E-state index in [0.717, 1.165) is 50.4 Å². The van der Waals surface area contributed by atoms with Crippen molar-refractivity contribution in [3.8, 4) is 33.9 Å². The fourth-order valence-corrected chi connectivity index (χ4v) is 5.02. The molecule has 7 rings (SSSR count). The molecule has 0 aliphatic rings. The average molecular weight is 597 g/mol. The van der Waals surface area contributed by atoms with E-state index in [4.69, 9.17) is 25.7 Å². The number of hydrogen-bond acceptors (Lipinski definition) is 6. The first-order valence-corrected chi connectivity index (χ1v) is 14.8. The second kappa shape index (κ2) is 13.1. The van der Waals surface area contributed by atoms with Gasteiger partial charge in [-0.25, -0.2) is 15.0 Å². The molecule has 0 atom stereocenters. The van der Waals surface area contributed by atoms with Gasteiger partial charge in [-0.1, -0.05) is 66.7 Å². The van der Waals surface area contributed by atoms with E-state index in [2.05, 4.69) is 27.1 Å². The van der Waals surface area contributed by atoms with Gasteiger partial charge in [0.15, 0.2) is 11.7 Å². The number of aromatic nitrogens is 5. The molecule has 0 radical (unpaired) electrons. The molecule has 0 saturated heterocycles. The summed E-state index contributed by atoms with van der Waals surface area (Å²) in [5.41, 5.74) is 14.8. The molecule has 0 fully saturated rings. The highest BCUT2D eigenvalue weighted by molar-refractivity contribution is 6.10. The fourth-order valence-electron chi connectivity index (χ4n) is 5.02. The Morgan fingerprint density at radius 2 is 1.26 bits per heavy atom. The predicted octanol–water partition coefficient (Wildman–Crippen LogP) is 7.17. The lowest BCUT2D eigenvalue weighted by molar-refractivity contribution is 0.986. The van der Waals surface area contributed by atoms with Gasteiger partial charge in [-0.05, 0) is 66.2 Å². The molecule has 2 aromatic carbocycles. The summed E-state index contributed by atoms with van der Waals surface area (Å²) >= 11 is 0. The Hall–Kier alpha value is -6.41. The maximum atomic E-state index is 6.58. The van der Waals surface area contributed by atoms with Crippen LogP contribution in [0.3, 0.4) is 0 Å². The van der Waals surface area contributed by atoms with Crippen molar-refractivity contribution in [2.24, 2.45) is 15.7 Å². The Morgan fingerprint density at radius 1 is 0.587 bits per heavy atom. The van der Waals surface area contributed by atoms with Gasteiger partial charge in [0.1, 0.15) is 5.69 Å². The predicted molar refractivity (Wildman–Crippen MR) is 183 cm³/mol. The van der Waals surface area contributed by atoms with Gasteiger partial charge < -0.3 is 5.73 Å². The van der Waals surface area contributed by atoms with Gasteiger partial charge in [0.05, 0.1) is 40.5 Å². The minimum Gasteiger partial charge on any atom is -0.382 e. The zero-order chi connectivity index (χ0) is 31.1. The Labute approximate surface area is 266 Å². The first kappa shape index (κ1) is 28.4. The van der Waals surface area contributed by atoms with Crippen molar-refractivity contribution in [2.45, 2.75) is 6.54 Å². The molecule has 0 amide bonds. The van der Waals surface area contributed by atoms with Crippen LogP contribution in [0.2, 0.25) is 0 Å². The molecule has 46 heavy (non-hydrogen) atoms. The highest BCUT2D eigenvalue weighted by Crippen LogP contribution is 2.24. The highest BCUT2D eigenvalue weighted by atomic mass is 15.0. The van der Waals surface area contributed by atoms with E-state index in [-0.39, 0.29) is 5.84 Å². The van der Waals surface area contributed by atoms with Crippen molar-refractivity contribution >= 4 is 22.6 Å². The Balaban J connectivity index is 1.23. The monoisotopic (exact) mass is 596 g/mol. The molecule has 8 heteroatoms. The van der Waals surface area contributed by atoms with Crippen LogP contribution in [0.1, 0.15) is 17.0 Å². The van der Waals surface area contributed by atoms with Crippen molar-refractivity contribution in [1.29, 1.82) is 0 Å². The Bertz CT molecular complexity index is 2180. The van der Waals surface area contributed by atoms with Crippen LogP contribution in [0.25, 0.3) is 44.8 Å². The highest BCUT2D eigenvalue weighted by Gasteiger charge is 2.11. The average Bonchev–Trinajstić information content (AvgIpc) is 3.14. The largest absolute Gasteiger partial charge is 0.382 e. The molecular formula is C38H28N8. The van der Waals surface area contributed by atoms with Crippen LogP contribution in [0, 0.1) is 0 Å². The van der Waals surface area contributed by atoms with Gasteiger partial charge in [0, 0.05) is 35.1 Å². The van der Waals surface area contributed by atoms with E-state index in [9.17, 15) is 0 Å². The van der Waals surface area contributed by atoms with E-state index < -0.39 is 0 Å². The van der Waals surface area contributed by atoms with Crippen LogP contribution in [-0.2, 0) is 6.54 Å². The van der Waals surface area contributed by atoms with Gasteiger partial charge in [0.2, 0.25) is 0 Å². The molecule has 2 N–H and O–H groups in total.